The van der Waals surface area contributed by atoms with Crippen LogP contribution in [-0.2, 0) is 5.41 Å². The Balaban J connectivity index is 1.33. The number of fused-ring (bicyclic) bond motifs is 3. The molecule has 1 heteroatoms. The average Bonchev–Trinajstić information content (AvgIpc) is 3.26. The van der Waals surface area contributed by atoms with Crippen molar-refractivity contribution in [3.8, 4) is 33.4 Å². The molecule has 0 fully saturated rings. The molecule has 0 amide bonds. The lowest BCUT2D eigenvalue weighted by molar-refractivity contribution is 0.631. The van der Waals surface area contributed by atoms with Crippen LogP contribution in [-0.4, -0.2) is 3.92 Å². The first-order valence-electron chi connectivity index (χ1n) is 19.7. The first kappa shape index (κ1) is 34.7. The number of halogens is 1. The minimum Gasteiger partial charge on any atom is -0.0777 e. The van der Waals surface area contributed by atoms with Crippen LogP contribution in [0.3, 0.4) is 0 Å². The number of alkyl halides is 1. The summed E-state index contributed by atoms with van der Waals surface area (Å²) in [7, 11) is 0. The molecule has 10 rings (SSSR count). The van der Waals surface area contributed by atoms with Gasteiger partial charge in [0.25, 0.3) is 0 Å². The van der Waals surface area contributed by atoms with Crippen molar-refractivity contribution >= 4 is 67.4 Å². The van der Waals surface area contributed by atoms with Gasteiger partial charge in [-0.1, -0.05) is 212 Å². The standard InChI is InChI=1S/C55H41I/c1-55(44-22-12-5-13-23-44)36-42(38-18-8-3-9-19-38)28-31-52(55)54-47-25-15-14-24-46(47)53(50-34-41-26-29-45(56)32-43(41)35-51(50)54)48-30-27-40(37-16-6-2-7-17-37)33-49(48)39-20-10-4-11-21-39/h2-28,30-35,45H,29,36H2,1H3/t45-,55-/m1/s1. The highest BCUT2D eigenvalue weighted by Crippen LogP contribution is 2.53. The predicted molar refractivity (Wildman–Crippen MR) is 249 cm³/mol. The molecular weight excluding hydrogens is 788 g/mol. The van der Waals surface area contributed by atoms with E-state index in [0.29, 0.717) is 3.92 Å². The van der Waals surface area contributed by atoms with Gasteiger partial charge in [0.1, 0.15) is 0 Å². The lowest BCUT2D eigenvalue weighted by atomic mass is 9.65. The van der Waals surface area contributed by atoms with E-state index >= 15 is 0 Å². The highest BCUT2D eigenvalue weighted by atomic mass is 127. The molecule has 0 saturated carbocycles. The number of hydrogen-bond donors (Lipinski definition) is 0. The van der Waals surface area contributed by atoms with Crippen molar-refractivity contribution in [3.05, 3.63) is 215 Å². The number of allylic oxidation sites excluding steroid dienone is 4. The molecule has 8 aromatic rings. The Bertz CT molecular complexity index is 2960. The second-order valence-electron chi connectivity index (χ2n) is 15.5. The Morgan fingerprint density at radius 1 is 0.482 bits per heavy atom. The summed E-state index contributed by atoms with van der Waals surface area (Å²) in [5.41, 5.74) is 13.9. The Morgan fingerprint density at radius 3 is 1.75 bits per heavy atom. The molecule has 56 heavy (non-hydrogen) atoms. The summed E-state index contributed by atoms with van der Waals surface area (Å²) in [5.74, 6) is 0. The van der Waals surface area contributed by atoms with Gasteiger partial charge in [-0.25, -0.2) is 0 Å². The third-order valence-corrected chi connectivity index (χ3v) is 12.9. The highest BCUT2D eigenvalue weighted by molar-refractivity contribution is 14.1. The molecule has 2 atom stereocenters. The number of rotatable bonds is 6. The van der Waals surface area contributed by atoms with Gasteiger partial charge < -0.3 is 0 Å². The molecule has 8 aromatic carbocycles. The van der Waals surface area contributed by atoms with E-state index in [0.717, 1.165) is 12.8 Å². The first-order chi connectivity index (χ1) is 27.5. The first-order valence-corrected chi connectivity index (χ1v) is 20.9. The molecule has 0 heterocycles. The largest absolute Gasteiger partial charge is 0.0777 e. The summed E-state index contributed by atoms with van der Waals surface area (Å²) in [5, 5.41) is 7.82. The smallest absolute Gasteiger partial charge is 0.0333 e. The van der Waals surface area contributed by atoms with Crippen LogP contribution in [0.15, 0.2) is 188 Å². The normalized spacial score (nSPS) is 17.7. The lowest BCUT2D eigenvalue weighted by Crippen LogP contribution is -2.30. The maximum atomic E-state index is 2.59. The van der Waals surface area contributed by atoms with E-state index in [2.05, 4.69) is 230 Å². The summed E-state index contributed by atoms with van der Waals surface area (Å²) in [6.07, 6.45) is 11.7. The van der Waals surface area contributed by atoms with Crippen molar-refractivity contribution in [1.29, 1.82) is 0 Å². The average molecular weight is 829 g/mol. The van der Waals surface area contributed by atoms with E-state index in [1.165, 1.54) is 93.2 Å². The van der Waals surface area contributed by atoms with Crippen LogP contribution in [0, 0.1) is 0 Å². The van der Waals surface area contributed by atoms with Crippen molar-refractivity contribution in [2.45, 2.75) is 29.1 Å². The van der Waals surface area contributed by atoms with E-state index in [9.17, 15) is 0 Å². The van der Waals surface area contributed by atoms with Gasteiger partial charge in [0.15, 0.2) is 0 Å². The Kier molecular flexibility index (Phi) is 8.91. The summed E-state index contributed by atoms with van der Waals surface area (Å²) < 4.78 is 0.469. The van der Waals surface area contributed by atoms with Crippen LogP contribution in [0.1, 0.15) is 36.5 Å². The molecule has 0 unspecified atom stereocenters. The zero-order chi connectivity index (χ0) is 37.6. The van der Waals surface area contributed by atoms with Crippen LogP contribution >= 0.6 is 22.6 Å². The zero-order valence-electron chi connectivity index (χ0n) is 31.4. The number of benzene rings is 8. The van der Waals surface area contributed by atoms with Crippen molar-refractivity contribution in [2.24, 2.45) is 0 Å². The zero-order valence-corrected chi connectivity index (χ0v) is 33.6. The third kappa shape index (κ3) is 6.06. The molecule has 0 spiro atoms. The van der Waals surface area contributed by atoms with Gasteiger partial charge in [-0.2, -0.15) is 0 Å². The monoisotopic (exact) mass is 828 g/mol. The molecule has 0 bridgehead atoms. The minimum atomic E-state index is -0.275. The van der Waals surface area contributed by atoms with Crippen molar-refractivity contribution in [1.82, 2.24) is 0 Å². The van der Waals surface area contributed by atoms with E-state index in [1.807, 2.05) is 0 Å². The van der Waals surface area contributed by atoms with Gasteiger partial charge in [-0.3, -0.25) is 0 Å². The van der Waals surface area contributed by atoms with E-state index in [1.54, 1.807) is 0 Å². The summed E-state index contributed by atoms with van der Waals surface area (Å²) in [6, 6.07) is 65.1. The molecule has 0 nitrogen and oxygen atoms in total. The van der Waals surface area contributed by atoms with Crippen LogP contribution in [0.5, 0.6) is 0 Å². The molecule has 2 aliphatic rings. The summed E-state index contributed by atoms with van der Waals surface area (Å²) >= 11 is 2.59. The third-order valence-electron chi connectivity index (χ3n) is 12.0. The Morgan fingerprint density at radius 2 is 1.05 bits per heavy atom. The van der Waals surface area contributed by atoms with E-state index in [-0.39, 0.29) is 5.41 Å². The van der Waals surface area contributed by atoms with Gasteiger partial charge in [-0.15, -0.1) is 0 Å². The lowest BCUT2D eigenvalue weighted by Gasteiger charge is -2.38. The van der Waals surface area contributed by atoms with Crippen LogP contribution < -0.4 is 10.4 Å². The molecule has 0 radical (unpaired) electrons. The van der Waals surface area contributed by atoms with Gasteiger partial charge >= 0.3 is 0 Å². The molecular formula is C55H41I. The topological polar surface area (TPSA) is 0 Å². The molecule has 0 saturated heterocycles. The predicted octanol–water partition coefficient (Wildman–Crippen LogP) is 13.6. The van der Waals surface area contributed by atoms with E-state index in [4.69, 9.17) is 0 Å². The fourth-order valence-corrected chi connectivity index (χ4v) is 9.91. The fourth-order valence-electron chi connectivity index (χ4n) is 9.27. The minimum absolute atomic E-state index is 0.275. The second-order valence-corrected chi connectivity index (χ2v) is 17.1. The summed E-state index contributed by atoms with van der Waals surface area (Å²) in [4.78, 5) is 0. The summed E-state index contributed by atoms with van der Waals surface area (Å²) in [6.45, 7) is 2.47. The fraction of sp³-hybridized carbons (Fsp3) is 0.0909. The molecule has 0 aliphatic heterocycles. The SMILES string of the molecule is C[C@]1(c2ccccc2)CC(c2ccccc2)=CC=C1c1c2ccccc2c(-c2ccc(-c3ccccc3)cc2-c2ccccc2)c2cc3c(cc12)=C[C@H](I)CC=3. The molecule has 0 aromatic heterocycles. The van der Waals surface area contributed by atoms with Gasteiger partial charge in [0.05, 0.1) is 0 Å². The highest BCUT2D eigenvalue weighted by Gasteiger charge is 2.37. The second kappa shape index (κ2) is 14.4. The quantitative estimate of drug-likeness (QED) is 0.0890. The van der Waals surface area contributed by atoms with E-state index < -0.39 is 0 Å². The van der Waals surface area contributed by atoms with Crippen molar-refractivity contribution in [2.75, 3.05) is 0 Å². The molecule has 2 aliphatic carbocycles. The molecule has 0 N–H and O–H groups in total. The van der Waals surface area contributed by atoms with Crippen molar-refractivity contribution in [3.63, 3.8) is 0 Å². The van der Waals surface area contributed by atoms with Gasteiger partial charge in [0.2, 0.25) is 0 Å². The van der Waals surface area contributed by atoms with Crippen LogP contribution in [0.2, 0.25) is 0 Å². The number of hydrogen-bond acceptors (Lipinski definition) is 0. The maximum Gasteiger partial charge on any atom is 0.0333 e. The van der Waals surface area contributed by atoms with Crippen LogP contribution in [0.4, 0.5) is 0 Å². The molecule has 268 valence electrons. The Hall–Kier alpha value is -5.77. The maximum absolute atomic E-state index is 2.59. The van der Waals surface area contributed by atoms with Crippen LogP contribution in [0.25, 0.3) is 78.2 Å². The Labute approximate surface area is 343 Å². The van der Waals surface area contributed by atoms with Gasteiger partial charge in [0, 0.05) is 9.34 Å². The van der Waals surface area contributed by atoms with Crippen molar-refractivity contribution < 1.29 is 0 Å². The van der Waals surface area contributed by atoms with Gasteiger partial charge in [-0.05, 0) is 124 Å².